The quantitative estimate of drug-likeness (QED) is 0.842. The van der Waals surface area contributed by atoms with Crippen molar-refractivity contribution in [1.82, 2.24) is 9.47 Å². The van der Waals surface area contributed by atoms with Gasteiger partial charge < -0.3 is 15.0 Å². The van der Waals surface area contributed by atoms with E-state index in [1.807, 2.05) is 0 Å². The third-order valence-corrected chi connectivity index (χ3v) is 4.40. The zero-order valence-electron chi connectivity index (χ0n) is 12.0. The van der Waals surface area contributed by atoms with Crippen LogP contribution in [0, 0.1) is 5.92 Å². The highest BCUT2D eigenvalue weighted by Crippen LogP contribution is 2.44. The Balaban J connectivity index is 1.59. The lowest BCUT2D eigenvalue weighted by molar-refractivity contribution is 0.0366. The Morgan fingerprint density at radius 1 is 1.38 bits per heavy atom. The van der Waals surface area contributed by atoms with E-state index in [1.165, 1.54) is 6.07 Å². The molecule has 2 fully saturated rings. The van der Waals surface area contributed by atoms with Crippen molar-refractivity contribution in [2.75, 3.05) is 32.8 Å². The molecule has 1 amide bonds. The summed E-state index contributed by atoms with van der Waals surface area (Å²) in [6.07, 6.45) is 3.85. The molecular weight excluding hydrogens is 270 g/mol. The molecule has 21 heavy (non-hydrogen) atoms. The van der Waals surface area contributed by atoms with E-state index in [1.54, 1.807) is 16.8 Å². The summed E-state index contributed by atoms with van der Waals surface area (Å²) in [4.78, 5) is 25.8. The van der Waals surface area contributed by atoms with Crippen LogP contribution in [0.5, 0.6) is 0 Å². The molecule has 1 aliphatic heterocycles. The van der Waals surface area contributed by atoms with Crippen molar-refractivity contribution in [3.8, 4) is 0 Å². The molecule has 0 bridgehead atoms. The number of carbonyl (C=O) groups excluding carboxylic acids is 1. The number of aromatic nitrogens is 1. The molecule has 114 valence electrons. The number of nitrogens with two attached hydrogens (primary N) is 1. The van der Waals surface area contributed by atoms with Crippen molar-refractivity contribution in [2.45, 2.75) is 18.9 Å². The normalized spacial score (nSPS) is 25.7. The van der Waals surface area contributed by atoms with Gasteiger partial charge >= 0.3 is 0 Å². The summed E-state index contributed by atoms with van der Waals surface area (Å²) in [5.74, 6) is -0.131. The zero-order valence-corrected chi connectivity index (χ0v) is 12.0. The highest BCUT2D eigenvalue weighted by molar-refractivity contribution is 5.92. The predicted octanol–water partition coefficient (Wildman–Crippen LogP) is 0.230. The van der Waals surface area contributed by atoms with E-state index in [0.717, 1.165) is 45.7 Å². The number of morpholine rings is 1. The van der Waals surface area contributed by atoms with Gasteiger partial charge in [0, 0.05) is 25.3 Å². The number of carbonyl (C=O) groups is 1. The molecule has 2 heterocycles. The van der Waals surface area contributed by atoms with E-state index >= 15 is 0 Å². The standard InChI is InChI=1S/C15H21N3O3/c16-14(19)12-2-1-4-18(15(12)20)13-10-11(13)3-5-17-6-8-21-9-7-17/h1-2,4,11,13H,3,5-10H2,(H2,16,19). The number of hydrogen-bond donors (Lipinski definition) is 1. The minimum atomic E-state index is -0.653. The maximum absolute atomic E-state index is 12.2. The molecule has 2 aliphatic rings. The third-order valence-electron chi connectivity index (χ3n) is 4.40. The Bertz CT molecular complexity index is 578. The Hall–Kier alpha value is -1.66. The first-order chi connectivity index (χ1) is 10.2. The Labute approximate surface area is 123 Å². The highest BCUT2D eigenvalue weighted by Gasteiger charge is 2.39. The summed E-state index contributed by atoms with van der Waals surface area (Å²) in [7, 11) is 0. The molecule has 1 saturated carbocycles. The second kappa shape index (κ2) is 5.99. The fourth-order valence-electron chi connectivity index (χ4n) is 3.01. The molecule has 1 saturated heterocycles. The Kier molecular flexibility index (Phi) is 4.07. The number of rotatable bonds is 5. The van der Waals surface area contributed by atoms with Crippen molar-refractivity contribution >= 4 is 5.91 Å². The average molecular weight is 291 g/mol. The first-order valence-corrected chi connectivity index (χ1v) is 7.48. The van der Waals surface area contributed by atoms with E-state index in [9.17, 15) is 9.59 Å². The molecule has 3 rings (SSSR count). The maximum Gasteiger partial charge on any atom is 0.263 e. The van der Waals surface area contributed by atoms with Gasteiger partial charge in [0.05, 0.1) is 13.2 Å². The first kappa shape index (κ1) is 14.3. The molecular formula is C15H21N3O3. The van der Waals surface area contributed by atoms with Gasteiger partial charge in [0.2, 0.25) is 0 Å². The van der Waals surface area contributed by atoms with Crippen LogP contribution in [0.15, 0.2) is 23.1 Å². The number of ether oxygens (including phenoxy) is 1. The van der Waals surface area contributed by atoms with Gasteiger partial charge in [0.15, 0.2) is 0 Å². The van der Waals surface area contributed by atoms with E-state index < -0.39 is 5.91 Å². The topological polar surface area (TPSA) is 77.6 Å². The van der Waals surface area contributed by atoms with E-state index in [4.69, 9.17) is 10.5 Å². The van der Waals surface area contributed by atoms with Gasteiger partial charge in [-0.2, -0.15) is 0 Å². The van der Waals surface area contributed by atoms with E-state index in [2.05, 4.69) is 4.90 Å². The lowest BCUT2D eigenvalue weighted by Crippen LogP contribution is -2.37. The minimum absolute atomic E-state index is 0.0799. The molecule has 6 heteroatoms. The van der Waals surface area contributed by atoms with Crippen molar-refractivity contribution in [1.29, 1.82) is 0 Å². The van der Waals surface area contributed by atoms with E-state index in [0.29, 0.717) is 5.92 Å². The number of amides is 1. The molecule has 0 spiro atoms. The molecule has 1 aromatic rings. The van der Waals surface area contributed by atoms with Crippen LogP contribution in [0.2, 0.25) is 0 Å². The molecule has 1 aliphatic carbocycles. The minimum Gasteiger partial charge on any atom is -0.379 e. The van der Waals surface area contributed by atoms with Gasteiger partial charge in [0.25, 0.3) is 11.5 Å². The van der Waals surface area contributed by atoms with Crippen LogP contribution in [0.25, 0.3) is 0 Å². The predicted molar refractivity (Wildman–Crippen MR) is 78.2 cm³/mol. The highest BCUT2D eigenvalue weighted by atomic mass is 16.5. The molecule has 1 aromatic heterocycles. The summed E-state index contributed by atoms with van der Waals surface area (Å²) in [5.41, 5.74) is 5.04. The second-order valence-electron chi connectivity index (χ2n) is 5.80. The van der Waals surface area contributed by atoms with Gasteiger partial charge in [-0.3, -0.25) is 14.5 Å². The summed E-state index contributed by atoms with van der Waals surface area (Å²) in [5, 5.41) is 0. The van der Waals surface area contributed by atoms with Crippen LogP contribution in [0.3, 0.4) is 0 Å². The second-order valence-corrected chi connectivity index (χ2v) is 5.80. The lowest BCUT2D eigenvalue weighted by atomic mass is 10.2. The number of primary amides is 1. The van der Waals surface area contributed by atoms with Gasteiger partial charge in [-0.05, 0) is 37.4 Å². The molecule has 6 nitrogen and oxygen atoms in total. The van der Waals surface area contributed by atoms with Crippen LogP contribution in [0.1, 0.15) is 29.2 Å². The number of nitrogens with zero attached hydrogens (tertiary/aromatic N) is 2. The number of pyridine rings is 1. The molecule has 0 radical (unpaired) electrons. The van der Waals surface area contributed by atoms with Gasteiger partial charge in [0.1, 0.15) is 5.56 Å². The van der Waals surface area contributed by atoms with E-state index in [-0.39, 0.29) is 17.2 Å². The van der Waals surface area contributed by atoms with Crippen LogP contribution in [-0.2, 0) is 4.74 Å². The van der Waals surface area contributed by atoms with Gasteiger partial charge in [-0.25, -0.2) is 0 Å². The summed E-state index contributed by atoms with van der Waals surface area (Å²) >= 11 is 0. The maximum atomic E-state index is 12.2. The summed E-state index contributed by atoms with van der Waals surface area (Å²) in [6.45, 7) is 4.67. The van der Waals surface area contributed by atoms with Crippen molar-refractivity contribution in [2.24, 2.45) is 11.7 Å². The SMILES string of the molecule is NC(=O)c1cccn(C2CC2CCN2CCOCC2)c1=O. The number of hydrogen-bond acceptors (Lipinski definition) is 4. The van der Waals surface area contributed by atoms with Gasteiger partial charge in [-0.1, -0.05) is 0 Å². The van der Waals surface area contributed by atoms with Crippen molar-refractivity contribution < 1.29 is 9.53 Å². The van der Waals surface area contributed by atoms with Crippen LogP contribution < -0.4 is 11.3 Å². The van der Waals surface area contributed by atoms with Crippen molar-refractivity contribution in [3.05, 3.63) is 34.2 Å². The summed E-state index contributed by atoms with van der Waals surface area (Å²) in [6, 6.07) is 3.43. The molecule has 0 aromatic carbocycles. The zero-order chi connectivity index (χ0) is 14.8. The Morgan fingerprint density at radius 2 is 2.14 bits per heavy atom. The average Bonchev–Trinajstić information content (AvgIpc) is 3.25. The van der Waals surface area contributed by atoms with Crippen LogP contribution >= 0.6 is 0 Å². The Morgan fingerprint density at radius 3 is 2.86 bits per heavy atom. The van der Waals surface area contributed by atoms with Gasteiger partial charge in [-0.15, -0.1) is 0 Å². The fraction of sp³-hybridized carbons (Fsp3) is 0.600. The smallest absolute Gasteiger partial charge is 0.263 e. The van der Waals surface area contributed by atoms with Crippen LogP contribution in [-0.4, -0.2) is 48.2 Å². The first-order valence-electron chi connectivity index (χ1n) is 7.48. The fourth-order valence-corrected chi connectivity index (χ4v) is 3.01. The lowest BCUT2D eigenvalue weighted by Gasteiger charge is -2.26. The van der Waals surface area contributed by atoms with Crippen LogP contribution in [0.4, 0.5) is 0 Å². The molecule has 2 unspecified atom stereocenters. The third kappa shape index (κ3) is 3.16. The monoisotopic (exact) mass is 291 g/mol. The molecule has 2 N–H and O–H groups in total. The molecule has 2 atom stereocenters. The summed E-state index contributed by atoms with van der Waals surface area (Å²) < 4.78 is 7.00. The largest absolute Gasteiger partial charge is 0.379 e. The van der Waals surface area contributed by atoms with Crippen molar-refractivity contribution in [3.63, 3.8) is 0 Å².